The fraction of sp³-hybridized carbons (Fsp3) is 0.273. The molecule has 3 nitrogen and oxygen atoms in total. The third-order valence-electron chi connectivity index (χ3n) is 6.45. The van der Waals surface area contributed by atoms with Gasteiger partial charge in [0.2, 0.25) is 0 Å². The van der Waals surface area contributed by atoms with Crippen molar-refractivity contribution >= 4 is 34.2 Å². The van der Waals surface area contributed by atoms with Gasteiger partial charge in [-0.25, -0.2) is 0 Å². The van der Waals surface area contributed by atoms with Crippen LogP contribution in [0, 0.1) is 11.9 Å². The van der Waals surface area contributed by atoms with Crippen LogP contribution in [0.3, 0.4) is 0 Å². The molecule has 0 atom stereocenters. The van der Waals surface area contributed by atoms with Gasteiger partial charge in [0.25, 0.3) is 0 Å². The molecule has 0 bridgehead atoms. The average Bonchev–Trinajstić information content (AvgIpc) is 2.86. The number of hydrogen-bond acceptors (Lipinski definition) is 3. The molecule has 1 radical (unpaired) electrons. The van der Waals surface area contributed by atoms with Crippen LogP contribution in [-0.2, 0) is 31.1 Å². The van der Waals surface area contributed by atoms with Gasteiger partial charge in [-0.15, -0.1) is 0 Å². The molecule has 1 heterocycles. The molecule has 0 saturated heterocycles. The van der Waals surface area contributed by atoms with E-state index in [1.54, 1.807) is 6.07 Å². The fourth-order valence-corrected chi connectivity index (χ4v) is 6.88. The molecule has 42 heavy (non-hydrogen) atoms. The topological polar surface area (TPSA) is 50.2 Å². The first-order valence-corrected chi connectivity index (χ1v) is 20.5. The Kier molecular flexibility index (Phi) is 11.9. The van der Waals surface area contributed by atoms with Gasteiger partial charge in [0.15, 0.2) is 5.78 Å². The summed E-state index contributed by atoms with van der Waals surface area (Å²) in [6.45, 7) is 7.00. The standard InChI is InChI=1S/C28H26F4GeN.C5H8O2.Ir/c1-17(2)23-13-19(12-18-8-6-7-9-21(18)23)27-15-24(26(29)16-34-27)22-11-10-20(33(3,4)5)14-25(22)28(30,31)32;1-4(6)3-5(2)7;/h6-11,13-17H,1-5H3;3,6H,1-2H3;/q-1;;/b;4-3-;. The number of nitrogens with zero attached hydrogens (tertiary/aromatic N) is 1. The Morgan fingerprint density at radius 3 is 2.17 bits per heavy atom. The third kappa shape index (κ3) is 8.85. The smallest absolute Gasteiger partial charge is 0 e. The van der Waals surface area contributed by atoms with Gasteiger partial charge >= 0.3 is 194 Å². The number of carbonyl (C=O) groups is 1. The Morgan fingerprint density at radius 1 is 1.00 bits per heavy atom. The number of fused-ring (bicyclic) bond motifs is 1. The normalized spacial score (nSPS) is 12.0. The summed E-state index contributed by atoms with van der Waals surface area (Å²) in [5, 5.41) is 10.3. The first-order chi connectivity index (χ1) is 19.0. The van der Waals surface area contributed by atoms with E-state index in [0.717, 1.165) is 26.9 Å². The van der Waals surface area contributed by atoms with Crippen LogP contribution in [0.4, 0.5) is 17.6 Å². The number of aliphatic hydroxyl groups is 1. The van der Waals surface area contributed by atoms with Crippen molar-refractivity contribution in [3.63, 3.8) is 0 Å². The largest absolute Gasteiger partial charge is 0 e. The van der Waals surface area contributed by atoms with E-state index in [-0.39, 0.29) is 48.7 Å². The Labute approximate surface area is 260 Å². The van der Waals surface area contributed by atoms with Gasteiger partial charge in [-0.3, -0.25) is 4.79 Å². The number of benzene rings is 3. The first-order valence-electron chi connectivity index (χ1n) is 13.2. The van der Waals surface area contributed by atoms with Crippen molar-refractivity contribution in [1.82, 2.24) is 4.98 Å². The van der Waals surface area contributed by atoms with Gasteiger partial charge in [0.1, 0.15) is 0 Å². The van der Waals surface area contributed by atoms with E-state index in [9.17, 15) is 22.4 Å². The van der Waals surface area contributed by atoms with Gasteiger partial charge in [-0.1, -0.05) is 6.07 Å². The second-order valence-electron chi connectivity index (χ2n) is 11.3. The van der Waals surface area contributed by atoms with Crippen LogP contribution in [0.15, 0.2) is 72.6 Å². The van der Waals surface area contributed by atoms with Gasteiger partial charge < -0.3 is 5.11 Å². The predicted octanol–water partition coefficient (Wildman–Crippen LogP) is 9.23. The summed E-state index contributed by atoms with van der Waals surface area (Å²) in [6, 6.07) is 18.8. The van der Waals surface area contributed by atoms with Gasteiger partial charge in [-0.2, -0.15) is 0 Å². The van der Waals surface area contributed by atoms with Crippen LogP contribution in [0.1, 0.15) is 44.7 Å². The average molecular weight is 817 g/mol. The third-order valence-corrected chi connectivity index (χ3v) is 10.7. The Bertz CT molecular complexity index is 1600. The Balaban J connectivity index is 0.000000687. The number of rotatable bonds is 5. The minimum Gasteiger partial charge on any atom is 0 e. The summed E-state index contributed by atoms with van der Waals surface area (Å²) in [7, 11) is 0. The number of halogens is 4. The molecule has 1 N–H and O–H groups in total. The molecule has 0 aliphatic heterocycles. The summed E-state index contributed by atoms with van der Waals surface area (Å²) in [4.78, 5) is 14.2. The molecular weight excluding hydrogens is 783 g/mol. The summed E-state index contributed by atoms with van der Waals surface area (Å²) < 4.78 is 57.8. The van der Waals surface area contributed by atoms with Crippen molar-refractivity contribution in [2.24, 2.45) is 0 Å². The van der Waals surface area contributed by atoms with Crippen LogP contribution in [0.2, 0.25) is 17.3 Å². The molecule has 0 spiro atoms. The predicted molar refractivity (Wildman–Crippen MR) is 161 cm³/mol. The first kappa shape index (κ1) is 35.4. The number of aromatic nitrogens is 1. The second kappa shape index (κ2) is 14.1. The van der Waals surface area contributed by atoms with Crippen molar-refractivity contribution in [1.29, 1.82) is 0 Å². The number of allylic oxidation sites excluding steroid dienone is 2. The van der Waals surface area contributed by atoms with E-state index in [1.807, 2.05) is 47.6 Å². The second-order valence-corrected chi connectivity index (χ2v) is 21.9. The number of carbonyl (C=O) groups excluding carboxylic acids is 1. The molecule has 3 aromatic carbocycles. The zero-order chi connectivity index (χ0) is 30.7. The molecule has 9 heteroatoms. The molecule has 0 fully saturated rings. The molecule has 4 rings (SSSR count). The maximum Gasteiger partial charge on any atom is 0 e. The summed E-state index contributed by atoms with van der Waals surface area (Å²) in [5.41, 5.74) is 0.987. The molecule has 225 valence electrons. The minimum absolute atomic E-state index is 0. The van der Waals surface area contributed by atoms with Crippen LogP contribution in [0.5, 0.6) is 0 Å². The van der Waals surface area contributed by atoms with Crippen LogP contribution >= 0.6 is 0 Å². The number of pyridine rings is 1. The minimum atomic E-state index is -4.60. The monoisotopic (exact) mass is 819 g/mol. The van der Waals surface area contributed by atoms with Crippen LogP contribution in [-0.4, -0.2) is 29.1 Å². The van der Waals surface area contributed by atoms with Crippen molar-refractivity contribution in [3.8, 4) is 22.4 Å². The van der Waals surface area contributed by atoms with Gasteiger partial charge in [0.05, 0.1) is 5.76 Å². The number of ketones is 1. The molecule has 0 aliphatic carbocycles. The van der Waals surface area contributed by atoms with Gasteiger partial charge in [0, 0.05) is 26.2 Å². The Hall–Kier alpha value is -2.81. The van der Waals surface area contributed by atoms with E-state index in [0.29, 0.717) is 11.3 Å². The molecule has 0 unspecified atom stereocenters. The van der Waals surface area contributed by atoms with E-state index < -0.39 is 30.8 Å². The number of aliphatic hydroxyl groups excluding tert-OH is 1. The van der Waals surface area contributed by atoms with E-state index in [2.05, 4.69) is 24.9 Å². The quantitative estimate of drug-likeness (QED) is 0.0719. The van der Waals surface area contributed by atoms with Crippen LogP contribution in [0.25, 0.3) is 33.2 Å². The number of alkyl halides is 3. The van der Waals surface area contributed by atoms with E-state index in [4.69, 9.17) is 5.11 Å². The maximum atomic E-state index is 14.9. The fourth-order valence-electron chi connectivity index (χ4n) is 4.44. The molecule has 0 saturated carbocycles. The zero-order valence-corrected chi connectivity index (χ0v) is 29.1. The van der Waals surface area contributed by atoms with Gasteiger partial charge in [-0.05, 0) is 13.8 Å². The zero-order valence-electron chi connectivity index (χ0n) is 24.6. The SMILES string of the molecule is CC(=O)/C=C(/C)O.CC(C)c1cc(-c2cc(-c3cc[c]([Ge]([CH3])([CH3])[CH3])cc3C(F)(F)F)c(F)cn2)[c-]c2ccccc12.[Ir]. The Morgan fingerprint density at radius 2 is 1.64 bits per heavy atom. The summed E-state index contributed by atoms with van der Waals surface area (Å²) >= 11 is -2.53. The van der Waals surface area contributed by atoms with E-state index >= 15 is 0 Å². The van der Waals surface area contributed by atoms with Crippen LogP contribution < -0.4 is 4.40 Å². The molecule has 1 aromatic heterocycles. The van der Waals surface area contributed by atoms with Crippen molar-refractivity contribution in [3.05, 3.63) is 95.6 Å². The van der Waals surface area contributed by atoms with Crippen molar-refractivity contribution in [2.75, 3.05) is 0 Å². The maximum absolute atomic E-state index is 14.9. The summed E-state index contributed by atoms with van der Waals surface area (Å²) in [5.74, 6) is 5.45. The van der Waals surface area contributed by atoms with Crippen molar-refractivity contribution < 1.29 is 47.6 Å². The molecule has 4 aromatic rings. The number of hydrogen-bond donors (Lipinski definition) is 1. The summed E-state index contributed by atoms with van der Waals surface area (Å²) in [6.07, 6.45) is -2.44. The van der Waals surface area contributed by atoms with Crippen molar-refractivity contribution in [2.45, 2.75) is 57.1 Å². The molecular formula is C33H34F4GeIrNO2-. The van der Waals surface area contributed by atoms with E-state index in [1.165, 1.54) is 38.1 Å². The molecule has 0 amide bonds. The molecule has 0 aliphatic rings.